The van der Waals surface area contributed by atoms with Crippen LogP contribution in [0.4, 0.5) is 0 Å². The third-order valence-electron chi connectivity index (χ3n) is 2.85. The van der Waals surface area contributed by atoms with Crippen LogP contribution in [0, 0.1) is 0 Å². The van der Waals surface area contributed by atoms with Gasteiger partial charge in [0.05, 0.1) is 5.75 Å². The molecule has 0 spiro atoms. The van der Waals surface area contributed by atoms with Gasteiger partial charge in [0.25, 0.3) is 0 Å². The zero-order valence-corrected chi connectivity index (χ0v) is 11.6. The lowest BCUT2D eigenvalue weighted by Gasteiger charge is -2.26. The molecule has 5 heteroatoms. The van der Waals surface area contributed by atoms with E-state index in [-0.39, 0.29) is 5.75 Å². The molecule has 0 heterocycles. The SMILES string of the molecule is CCCCCC(CN)N(C)CCS(C)(=O)=O. The summed E-state index contributed by atoms with van der Waals surface area (Å²) in [6.45, 7) is 3.35. The maximum absolute atomic E-state index is 11.0. The molecule has 0 saturated heterocycles. The first-order valence-electron chi connectivity index (χ1n) is 5.98. The molecule has 0 aromatic carbocycles. The van der Waals surface area contributed by atoms with Crippen molar-refractivity contribution in [3.63, 3.8) is 0 Å². The topological polar surface area (TPSA) is 63.4 Å². The molecule has 2 N–H and O–H groups in total. The normalized spacial score (nSPS) is 14.3. The molecule has 0 radical (unpaired) electrons. The monoisotopic (exact) mass is 250 g/mol. The van der Waals surface area contributed by atoms with Gasteiger partial charge >= 0.3 is 0 Å². The first kappa shape index (κ1) is 15.9. The highest BCUT2D eigenvalue weighted by atomic mass is 32.2. The van der Waals surface area contributed by atoms with Crippen LogP contribution in [0.2, 0.25) is 0 Å². The molecule has 1 unspecified atom stereocenters. The minimum absolute atomic E-state index is 0.216. The van der Waals surface area contributed by atoms with Crippen molar-refractivity contribution in [2.75, 3.05) is 32.1 Å². The smallest absolute Gasteiger partial charge is 0.148 e. The zero-order valence-electron chi connectivity index (χ0n) is 10.8. The van der Waals surface area contributed by atoms with Crippen LogP contribution in [0.15, 0.2) is 0 Å². The van der Waals surface area contributed by atoms with Crippen LogP contribution in [0.1, 0.15) is 32.6 Å². The molecule has 0 bridgehead atoms. The summed E-state index contributed by atoms with van der Waals surface area (Å²) >= 11 is 0. The summed E-state index contributed by atoms with van der Waals surface area (Å²) in [5, 5.41) is 0. The molecule has 0 aliphatic heterocycles. The highest BCUT2D eigenvalue weighted by Crippen LogP contribution is 2.07. The van der Waals surface area contributed by atoms with Crippen molar-refractivity contribution in [1.29, 1.82) is 0 Å². The Bertz CT molecular complexity index is 265. The van der Waals surface area contributed by atoms with Gasteiger partial charge in [0.2, 0.25) is 0 Å². The standard InChI is InChI=1S/C11H26N2O2S/c1-4-5-6-7-11(10-12)13(2)8-9-16(3,14)15/h11H,4-10,12H2,1-3H3. The van der Waals surface area contributed by atoms with Crippen molar-refractivity contribution >= 4 is 9.84 Å². The first-order valence-corrected chi connectivity index (χ1v) is 8.04. The average Bonchev–Trinajstić information content (AvgIpc) is 2.20. The van der Waals surface area contributed by atoms with E-state index in [1.165, 1.54) is 25.5 Å². The minimum Gasteiger partial charge on any atom is -0.329 e. The van der Waals surface area contributed by atoms with Crippen molar-refractivity contribution in [3.8, 4) is 0 Å². The summed E-state index contributed by atoms with van der Waals surface area (Å²) in [5.41, 5.74) is 5.70. The highest BCUT2D eigenvalue weighted by molar-refractivity contribution is 7.90. The summed E-state index contributed by atoms with van der Waals surface area (Å²) in [5.74, 6) is 0.216. The van der Waals surface area contributed by atoms with Crippen LogP contribution in [0.3, 0.4) is 0 Å². The fourth-order valence-corrected chi connectivity index (χ4v) is 2.26. The minimum atomic E-state index is -2.87. The molecule has 0 aromatic rings. The van der Waals surface area contributed by atoms with Gasteiger partial charge in [-0.25, -0.2) is 8.42 Å². The van der Waals surface area contributed by atoms with Gasteiger partial charge in [-0.1, -0.05) is 26.2 Å². The van der Waals surface area contributed by atoms with E-state index < -0.39 is 9.84 Å². The van der Waals surface area contributed by atoms with Gasteiger partial charge in [0.15, 0.2) is 0 Å². The highest BCUT2D eigenvalue weighted by Gasteiger charge is 2.14. The van der Waals surface area contributed by atoms with E-state index in [1.807, 2.05) is 7.05 Å². The lowest BCUT2D eigenvalue weighted by Crippen LogP contribution is -2.40. The number of nitrogens with zero attached hydrogens (tertiary/aromatic N) is 1. The van der Waals surface area contributed by atoms with E-state index in [1.54, 1.807) is 0 Å². The summed E-state index contributed by atoms with van der Waals surface area (Å²) < 4.78 is 22.1. The Morgan fingerprint density at radius 1 is 1.31 bits per heavy atom. The summed E-state index contributed by atoms with van der Waals surface area (Å²) in [4.78, 5) is 2.07. The second kappa shape index (κ2) is 8.03. The van der Waals surface area contributed by atoms with Crippen molar-refractivity contribution < 1.29 is 8.42 Å². The maximum Gasteiger partial charge on any atom is 0.148 e. The quantitative estimate of drug-likeness (QED) is 0.617. The van der Waals surface area contributed by atoms with Gasteiger partial charge in [-0.15, -0.1) is 0 Å². The van der Waals surface area contributed by atoms with E-state index in [9.17, 15) is 8.42 Å². The molecule has 98 valence electrons. The van der Waals surface area contributed by atoms with E-state index >= 15 is 0 Å². The number of sulfone groups is 1. The Balaban J connectivity index is 3.95. The van der Waals surface area contributed by atoms with Gasteiger partial charge in [-0.3, -0.25) is 0 Å². The van der Waals surface area contributed by atoms with E-state index in [2.05, 4.69) is 11.8 Å². The molecule has 0 amide bonds. The third-order valence-corrected chi connectivity index (χ3v) is 3.78. The Kier molecular flexibility index (Phi) is 7.97. The van der Waals surface area contributed by atoms with Crippen LogP contribution in [0.25, 0.3) is 0 Å². The number of unbranched alkanes of at least 4 members (excludes halogenated alkanes) is 2. The van der Waals surface area contributed by atoms with Crippen molar-refractivity contribution in [1.82, 2.24) is 4.90 Å². The number of hydrogen-bond acceptors (Lipinski definition) is 4. The van der Waals surface area contributed by atoms with E-state index in [0.29, 0.717) is 19.1 Å². The Morgan fingerprint density at radius 2 is 1.94 bits per heavy atom. The van der Waals surface area contributed by atoms with Gasteiger partial charge in [-0.05, 0) is 13.5 Å². The lowest BCUT2D eigenvalue weighted by atomic mass is 10.1. The number of rotatable bonds is 9. The molecular formula is C11H26N2O2S. The van der Waals surface area contributed by atoms with Crippen molar-refractivity contribution in [2.45, 2.75) is 38.6 Å². The van der Waals surface area contributed by atoms with Crippen LogP contribution >= 0.6 is 0 Å². The molecule has 4 nitrogen and oxygen atoms in total. The molecule has 0 aromatic heterocycles. The molecule has 0 saturated carbocycles. The predicted octanol–water partition coefficient (Wildman–Crippen LogP) is 0.870. The second-order valence-corrected chi connectivity index (χ2v) is 6.76. The molecule has 0 aliphatic carbocycles. The number of hydrogen-bond donors (Lipinski definition) is 1. The van der Waals surface area contributed by atoms with Crippen LogP contribution in [-0.2, 0) is 9.84 Å². The summed E-state index contributed by atoms with van der Waals surface area (Å²) in [6.07, 6.45) is 5.92. The lowest BCUT2D eigenvalue weighted by molar-refractivity contribution is 0.243. The molecule has 1 atom stereocenters. The van der Waals surface area contributed by atoms with Crippen molar-refractivity contribution in [3.05, 3.63) is 0 Å². The van der Waals surface area contributed by atoms with Gasteiger partial charge < -0.3 is 10.6 Å². The van der Waals surface area contributed by atoms with Gasteiger partial charge in [-0.2, -0.15) is 0 Å². The third kappa shape index (κ3) is 8.07. The molecule has 0 rings (SSSR count). The molecule has 0 fully saturated rings. The predicted molar refractivity (Wildman–Crippen MR) is 69.3 cm³/mol. The summed E-state index contributed by atoms with van der Waals surface area (Å²) in [7, 11) is -0.916. The average molecular weight is 250 g/mol. The van der Waals surface area contributed by atoms with Gasteiger partial charge in [0, 0.05) is 25.4 Å². The molecule has 0 aliphatic rings. The fourth-order valence-electron chi connectivity index (χ4n) is 1.64. The first-order chi connectivity index (χ1) is 7.40. The molecule has 16 heavy (non-hydrogen) atoms. The van der Waals surface area contributed by atoms with Crippen LogP contribution in [0.5, 0.6) is 0 Å². The van der Waals surface area contributed by atoms with Crippen LogP contribution in [-0.4, -0.2) is 51.5 Å². The number of likely N-dealkylation sites (N-methyl/N-ethyl adjacent to an activating group) is 1. The molecular weight excluding hydrogens is 224 g/mol. The van der Waals surface area contributed by atoms with E-state index in [4.69, 9.17) is 5.73 Å². The second-order valence-electron chi connectivity index (χ2n) is 4.50. The Labute approximate surface area is 100 Å². The maximum atomic E-state index is 11.0. The largest absolute Gasteiger partial charge is 0.329 e. The number of nitrogens with two attached hydrogens (primary N) is 1. The Morgan fingerprint density at radius 3 is 2.38 bits per heavy atom. The zero-order chi connectivity index (χ0) is 12.6. The van der Waals surface area contributed by atoms with E-state index in [0.717, 1.165) is 6.42 Å². The van der Waals surface area contributed by atoms with Crippen molar-refractivity contribution in [2.24, 2.45) is 5.73 Å². The fraction of sp³-hybridized carbons (Fsp3) is 1.00. The summed E-state index contributed by atoms with van der Waals surface area (Å²) in [6, 6.07) is 0.313. The van der Waals surface area contributed by atoms with Gasteiger partial charge in [0.1, 0.15) is 9.84 Å². The van der Waals surface area contributed by atoms with Crippen LogP contribution < -0.4 is 5.73 Å². The Hall–Kier alpha value is -0.130.